The van der Waals surface area contributed by atoms with Gasteiger partial charge in [0.2, 0.25) is 0 Å². The highest BCUT2D eigenvalue weighted by atomic mass is 32.2. The number of carbonyl (C=O) groups is 1. The number of hydrogen-bond donors (Lipinski definition) is 1. The van der Waals surface area contributed by atoms with Gasteiger partial charge in [0.05, 0.1) is 12.0 Å². The van der Waals surface area contributed by atoms with Crippen LogP contribution in [0, 0.1) is 0 Å². The van der Waals surface area contributed by atoms with Gasteiger partial charge in [0.1, 0.15) is 17.6 Å². The van der Waals surface area contributed by atoms with Crippen molar-refractivity contribution in [2.75, 3.05) is 0 Å². The molecule has 0 fully saturated rings. The molecule has 1 aliphatic heterocycles. The largest absolute Gasteiger partial charge is 0.484 e. The van der Waals surface area contributed by atoms with Gasteiger partial charge in [0.15, 0.2) is 5.78 Å². The normalized spacial score (nSPS) is 19.1. The first-order valence-electron chi connectivity index (χ1n) is 8.07. The molecule has 1 aliphatic carbocycles. The van der Waals surface area contributed by atoms with E-state index in [4.69, 9.17) is 9.88 Å². The molecule has 0 amide bonds. The van der Waals surface area contributed by atoms with Crippen LogP contribution in [0.25, 0.3) is 0 Å². The summed E-state index contributed by atoms with van der Waals surface area (Å²) in [5, 5.41) is 4.88. The lowest BCUT2D eigenvalue weighted by atomic mass is 9.94. The summed E-state index contributed by atoms with van der Waals surface area (Å²) in [5.74, 6) is 0.278. The lowest BCUT2D eigenvalue weighted by Crippen LogP contribution is -2.22. The van der Waals surface area contributed by atoms with E-state index < -0.39 is 16.4 Å². The highest BCUT2D eigenvalue weighted by Crippen LogP contribution is 2.38. The van der Waals surface area contributed by atoms with Gasteiger partial charge in [-0.3, -0.25) is 4.79 Å². The van der Waals surface area contributed by atoms with E-state index in [1.807, 2.05) is 6.07 Å². The predicted octanol–water partition coefficient (Wildman–Crippen LogP) is 2.46. The Kier molecular flexibility index (Phi) is 3.77. The molecule has 7 heteroatoms. The molecule has 0 aromatic heterocycles. The van der Waals surface area contributed by atoms with Crippen LogP contribution in [-0.4, -0.2) is 14.2 Å². The van der Waals surface area contributed by atoms with Gasteiger partial charge in [-0.15, -0.1) is 0 Å². The average molecular weight is 359 g/mol. The number of carbonyl (C=O) groups excluding carboxylic acids is 1. The Balaban J connectivity index is 1.65. The minimum atomic E-state index is -4.13. The second-order valence-corrected chi connectivity index (χ2v) is 7.50. The number of aryl methyl sites for hydroxylation is 2. The SMILES string of the molecule is NS(=O)(=O)Oc1ccc2c(c1)O[C@@H](c1ccc3c(c1)CCC3)CC2=O. The molecule has 1 atom stereocenters. The fourth-order valence-corrected chi connectivity index (χ4v) is 3.84. The highest BCUT2D eigenvalue weighted by molar-refractivity contribution is 7.84. The molecule has 2 aromatic rings. The van der Waals surface area contributed by atoms with Crippen molar-refractivity contribution in [3.05, 3.63) is 58.7 Å². The average Bonchev–Trinajstić information content (AvgIpc) is 3.00. The quantitative estimate of drug-likeness (QED) is 0.908. The van der Waals surface area contributed by atoms with Crippen molar-refractivity contribution in [3.63, 3.8) is 0 Å². The zero-order valence-corrected chi connectivity index (χ0v) is 14.2. The summed E-state index contributed by atoms with van der Waals surface area (Å²) in [6, 6.07) is 10.5. The molecule has 0 saturated carbocycles. The van der Waals surface area contributed by atoms with Gasteiger partial charge in [-0.1, -0.05) is 18.2 Å². The standard InChI is InChI=1S/C18H17NO5S/c19-25(21,22)24-14-6-7-15-16(20)10-17(23-18(15)9-14)13-5-4-11-2-1-3-12(11)8-13/h4-9,17H,1-3,10H2,(H2,19,21,22)/t17-/m1/s1. The summed E-state index contributed by atoms with van der Waals surface area (Å²) in [4.78, 5) is 12.4. The number of rotatable bonds is 3. The molecule has 25 heavy (non-hydrogen) atoms. The van der Waals surface area contributed by atoms with E-state index in [9.17, 15) is 13.2 Å². The van der Waals surface area contributed by atoms with Crippen LogP contribution in [0.2, 0.25) is 0 Å². The molecular formula is C18H17NO5S. The number of ether oxygens (including phenoxy) is 1. The van der Waals surface area contributed by atoms with Gasteiger partial charge >= 0.3 is 10.3 Å². The van der Waals surface area contributed by atoms with Crippen molar-refractivity contribution in [1.29, 1.82) is 0 Å². The number of benzene rings is 2. The van der Waals surface area contributed by atoms with Crippen LogP contribution in [0.1, 0.15) is 46.0 Å². The predicted molar refractivity (Wildman–Crippen MR) is 91.0 cm³/mol. The van der Waals surface area contributed by atoms with E-state index >= 15 is 0 Å². The van der Waals surface area contributed by atoms with Gasteiger partial charge in [0, 0.05) is 6.07 Å². The summed E-state index contributed by atoms with van der Waals surface area (Å²) >= 11 is 0. The van der Waals surface area contributed by atoms with E-state index in [2.05, 4.69) is 16.3 Å². The van der Waals surface area contributed by atoms with Crippen molar-refractivity contribution in [2.45, 2.75) is 31.8 Å². The summed E-state index contributed by atoms with van der Waals surface area (Å²) < 4.78 is 32.8. The number of nitrogens with two attached hydrogens (primary N) is 1. The lowest BCUT2D eigenvalue weighted by molar-refractivity contribution is 0.0850. The number of hydrogen-bond acceptors (Lipinski definition) is 5. The van der Waals surface area contributed by atoms with Crippen LogP contribution in [0.4, 0.5) is 0 Å². The zero-order chi connectivity index (χ0) is 17.6. The maximum absolute atomic E-state index is 12.4. The van der Waals surface area contributed by atoms with E-state index in [-0.39, 0.29) is 18.0 Å². The van der Waals surface area contributed by atoms with Gasteiger partial charge in [0.25, 0.3) is 0 Å². The zero-order valence-electron chi connectivity index (χ0n) is 13.4. The van der Waals surface area contributed by atoms with Crippen LogP contribution >= 0.6 is 0 Å². The Morgan fingerprint density at radius 1 is 1.08 bits per heavy atom. The van der Waals surface area contributed by atoms with E-state index in [0.29, 0.717) is 11.3 Å². The molecule has 1 heterocycles. The fraction of sp³-hybridized carbons (Fsp3) is 0.278. The lowest BCUT2D eigenvalue weighted by Gasteiger charge is -2.26. The van der Waals surface area contributed by atoms with Crippen molar-refractivity contribution in [2.24, 2.45) is 5.14 Å². The minimum absolute atomic E-state index is 0.0173. The molecule has 0 unspecified atom stereocenters. The molecule has 0 saturated heterocycles. The maximum Gasteiger partial charge on any atom is 0.380 e. The second kappa shape index (κ2) is 5.86. The molecule has 2 aliphatic rings. The molecule has 0 bridgehead atoms. The summed E-state index contributed by atoms with van der Waals surface area (Å²) in [5.41, 5.74) is 4.04. The van der Waals surface area contributed by atoms with Crippen molar-refractivity contribution < 1.29 is 22.1 Å². The van der Waals surface area contributed by atoms with Crippen LogP contribution in [0.5, 0.6) is 11.5 Å². The Morgan fingerprint density at radius 2 is 1.88 bits per heavy atom. The molecule has 2 aromatic carbocycles. The topological polar surface area (TPSA) is 95.7 Å². The first kappa shape index (κ1) is 16.1. The monoisotopic (exact) mass is 359 g/mol. The minimum Gasteiger partial charge on any atom is -0.484 e. The Labute approximate surface area is 145 Å². The first-order chi connectivity index (χ1) is 11.9. The van der Waals surface area contributed by atoms with E-state index in [0.717, 1.165) is 24.8 Å². The molecule has 0 radical (unpaired) electrons. The summed E-state index contributed by atoms with van der Waals surface area (Å²) in [6.07, 6.45) is 3.15. The molecular weight excluding hydrogens is 342 g/mol. The van der Waals surface area contributed by atoms with Crippen LogP contribution in [0.15, 0.2) is 36.4 Å². The van der Waals surface area contributed by atoms with Crippen molar-refractivity contribution in [3.8, 4) is 11.5 Å². The maximum atomic E-state index is 12.4. The molecule has 130 valence electrons. The second-order valence-electron chi connectivity index (χ2n) is 6.35. The molecule has 2 N–H and O–H groups in total. The van der Waals surface area contributed by atoms with Crippen molar-refractivity contribution >= 4 is 16.1 Å². The number of Topliss-reactive ketones (excluding diaryl/α,β-unsaturated/α-hetero) is 1. The third kappa shape index (κ3) is 3.25. The third-order valence-electron chi connectivity index (χ3n) is 4.60. The van der Waals surface area contributed by atoms with Crippen molar-refractivity contribution in [1.82, 2.24) is 0 Å². The van der Waals surface area contributed by atoms with Crippen LogP contribution in [0.3, 0.4) is 0 Å². The molecule has 4 rings (SSSR count). The van der Waals surface area contributed by atoms with Crippen LogP contribution in [-0.2, 0) is 23.1 Å². The fourth-order valence-electron chi connectivity index (χ4n) is 3.47. The Morgan fingerprint density at radius 3 is 2.68 bits per heavy atom. The summed E-state index contributed by atoms with van der Waals surface area (Å²) in [7, 11) is -4.13. The first-order valence-corrected chi connectivity index (χ1v) is 9.54. The summed E-state index contributed by atoms with van der Waals surface area (Å²) in [6.45, 7) is 0. The number of ketones is 1. The highest BCUT2D eigenvalue weighted by Gasteiger charge is 2.29. The van der Waals surface area contributed by atoms with Crippen LogP contribution < -0.4 is 14.1 Å². The van der Waals surface area contributed by atoms with Gasteiger partial charge < -0.3 is 8.92 Å². The Hall–Kier alpha value is -2.38. The number of fused-ring (bicyclic) bond motifs is 2. The molecule has 6 nitrogen and oxygen atoms in total. The van der Waals surface area contributed by atoms with Gasteiger partial charge in [-0.2, -0.15) is 13.6 Å². The van der Waals surface area contributed by atoms with E-state index in [1.165, 1.54) is 29.3 Å². The van der Waals surface area contributed by atoms with Gasteiger partial charge in [-0.25, -0.2) is 0 Å². The third-order valence-corrected chi connectivity index (χ3v) is 5.02. The Bertz CT molecular complexity index is 967. The van der Waals surface area contributed by atoms with Gasteiger partial charge in [-0.05, 0) is 48.1 Å². The smallest absolute Gasteiger partial charge is 0.380 e. The van der Waals surface area contributed by atoms with E-state index in [1.54, 1.807) is 0 Å². The molecule has 0 spiro atoms.